The molecule has 0 atom stereocenters. The third kappa shape index (κ3) is 3.62. The molecule has 0 bridgehead atoms. The summed E-state index contributed by atoms with van der Waals surface area (Å²) in [5, 5.41) is 19.5. The van der Waals surface area contributed by atoms with Gasteiger partial charge in [0.25, 0.3) is 10.0 Å². The average Bonchev–Trinajstić information content (AvgIpc) is 2.61. The number of halogens is 1. The molecule has 0 aliphatic rings. The average molecular weight is 425 g/mol. The van der Waals surface area contributed by atoms with Gasteiger partial charge in [-0.1, -0.05) is 24.3 Å². The molecule has 0 aliphatic carbocycles. The van der Waals surface area contributed by atoms with Gasteiger partial charge in [-0.2, -0.15) is 8.42 Å². The van der Waals surface area contributed by atoms with Gasteiger partial charge in [-0.3, -0.25) is 4.72 Å². The second kappa shape index (κ2) is 6.77. The quantitative estimate of drug-likeness (QED) is 0.534. The van der Waals surface area contributed by atoms with E-state index in [-0.39, 0.29) is 22.0 Å². The van der Waals surface area contributed by atoms with Crippen molar-refractivity contribution in [2.24, 2.45) is 0 Å². The van der Waals surface area contributed by atoms with E-state index >= 15 is 0 Å². The summed E-state index contributed by atoms with van der Waals surface area (Å²) in [4.78, 5) is 9.83. The molecule has 0 aromatic heterocycles. The highest BCUT2D eigenvalue weighted by atomic mass is 32.3. The molecule has 3 rings (SSSR count). The molecule has 0 unspecified atom stereocenters. The second-order valence-electron chi connectivity index (χ2n) is 5.69. The van der Waals surface area contributed by atoms with Crippen LogP contribution in [0.4, 0.5) is 9.57 Å². The fraction of sp³-hybridized carbons (Fsp3) is 0. The fourth-order valence-electron chi connectivity index (χ4n) is 2.60. The lowest BCUT2D eigenvalue weighted by atomic mass is 10.0. The molecule has 146 valence electrons. The normalized spacial score (nSPS) is 12.0. The molecular weight excluding hydrogens is 413 g/mol. The van der Waals surface area contributed by atoms with Crippen molar-refractivity contribution in [1.29, 1.82) is 0 Å². The van der Waals surface area contributed by atoms with Gasteiger partial charge in [0.2, 0.25) is 0 Å². The molecule has 8 nitrogen and oxygen atoms in total. The van der Waals surface area contributed by atoms with Crippen molar-refractivity contribution in [3.8, 4) is 5.75 Å². The molecule has 3 aromatic carbocycles. The summed E-state index contributed by atoms with van der Waals surface area (Å²) < 4.78 is 62.6. The predicted octanol–water partition coefficient (Wildman–Crippen LogP) is 2.70. The zero-order chi connectivity index (χ0) is 20.7. The van der Waals surface area contributed by atoms with Crippen LogP contribution in [0.15, 0.2) is 64.4 Å². The largest absolute Gasteiger partial charge is 0.506 e. The number of hydrogen-bond donors (Lipinski definition) is 3. The topological polar surface area (TPSA) is 138 Å². The van der Waals surface area contributed by atoms with E-state index in [9.17, 15) is 30.6 Å². The van der Waals surface area contributed by atoms with Crippen molar-refractivity contribution < 1.29 is 35.7 Å². The van der Waals surface area contributed by atoms with Gasteiger partial charge in [0.1, 0.15) is 11.3 Å². The molecule has 3 aromatic rings. The molecular formula is C17H12FNO7S2. The van der Waals surface area contributed by atoms with Gasteiger partial charge >= 0.3 is 16.2 Å². The second-order valence-corrected chi connectivity index (χ2v) is 8.72. The molecule has 11 heteroatoms. The standard InChI is InChI=1S/C17H12FNO7S2/c18-27(23,24)10-3-1-4-11(9-10)28(25,26)19-15-6-2-5-13-12(15)7-8-14(16(13)20)17(21)22/h1-9,19-20H,(H,21,22). The molecule has 28 heavy (non-hydrogen) atoms. The lowest BCUT2D eigenvalue weighted by Gasteiger charge is -2.12. The maximum atomic E-state index is 13.2. The van der Waals surface area contributed by atoms with Crippen LogP contribution in [-0.4, -0.2) is 33.0 Å². The van der Waals surface area contributed by atoms with Crippen molar-refractivity contribution in [2.75, 3.05) is 4.72 Å². The highest BCUT2D eigenvalue weighted by Gasteiger charge is 2.21. The van der Waals surface area contributed by atoms with Crippen LogP contribution in [0.25, 0.3) is 10.8 Å². The number of hydrogen-bond acceptors (Lipinski definition) is 6. The first kappa shape index (κ1) is 19.6. The molecule has 0 amide bonds. The minimum absolute atomic E-state index is 0.0123. The van der Waals surface area contributed by atoms with Crippen molar-refractivity contribution in [3.63, 3.8) is 0 Å². The van der Waals surface area contributed by atoms with E-state index in [1.165, 1.54) is 24.3 Å². The molecule has 0 fully saturated rings. The molecule has 3 N–H and O–H groups in total. The fourth-order valence-corrected chi connectivity index (χ4v) is 4.31. The van der Waals surface area contributed by atoms with E-state index in [2.05, 4.69) is 4.72 Å². The third-order valence-electron chi connectivity index (χ3n) is 3.91. The van der Waals surface area contributed by atoms with Crippen LogP contribution >= 0.6 is 0 Å². The van der Waals surface area contributed by atoms with Crippen molar-refractivity contribution in [1.82, 2.24) is 0 Å². The Morgan fingerprint density at radius 1 is 0.893 bits per heavy atom. The van der Waals surface area contributed by atoms with Gasteiger partial charge in [-0.25, -0.2) is 13.2 Å². The monoisotopic (exact) mass is 425 g/mol. The van der Waals surface area contributed by atoms with Crippen molar-refractivity contribution >= 4 is 42.7 Å². The van der Waals surface area contributed by atoms with Crippen LogP contribution in [-0.2, 0) is 20.2 Å². The lowest BCUT2D eigenvalue weighted by Crippen LogP contribution is -2.13. The molecule has 0 spiro atoms. The lowest BCUT2D eigenvalue weighted by molar-refractivity contribution is 0.0694. The highest BCUT2D eigenvalue weighted by Crippen LogP contribution is 2.34. The summed E-state index contributed by atoms with van der Waals surface area (Å²) in [6.45, 7) is 0. The van der Waals surface area contributed by atoms with Crippen LogP contribution in [0.3, 0.4) is 0 Å². The Bertz CT molecular complexity index is 1320. The summed E-state index contributed by atoms with van der Waals surface area (Å²) in [6, 6.07) is 10.4. The van der Waals surface area contributed by atoms with E-state index in [4.69, 9.17) is 5.11 Å². The summed E-state index contributed by atoms with van der Waals surface area (Å²) >= 11 is 0. The molecule has 0 saturated carbocycles. The van der Waals surface area contributed by atoms with Crippen molar-refractivity contribution in [3.05, 3.63) is 60.2 Å². The number of sulfonamides is 1. The van der Waals surface area contributed by atoms with Crippen LogP contribution in [0.2, 0.25) is 0 Å². The van der Waals surface area contributed by atoms with Gasteiger partial charge < -0.3 is 10.2 Å². The number of carboxylic acids is 1. The first-order chi connectivity index (χ1) is 13.0. The number of carboxylic acid groups (broad SMARTS) is 1. The predicted molar refractivity (Wildman–Crippen MR) is 98.1 cm³/mol. The van der Waals surface area contributed by atoms with Crippen LogP contribution in [0.1, 0.15) is 10.4 Å². The SMILES string of the molecule is O=C(O)c1ccc2c(NS(=O)(=O)c3cccc(S(=O)(=O)F)c3)cccc2c1O. The third-order valence-corrected chi connectivity index (χ3v) is 6.09. The number of aromatic carboxylic acids is 1. The van der Waals surface area contributed by atoms with Gasteiger partial charge in [-0.05, 0) is 30.3 Å². The van der Waals surface area contributed by atoms with Gasteiger partial charge in [0, 0.05) is 10.8 Å². The Balaban J connectivity index is 2.10. The summed E-state index contributed by atoms with van der Waals surface area (Å²) in [6.07, 6.45) is 0. The van der Waals surface area contributed by atoms with E-state index in [1.807, 2.05) is 0 Å². The first-order valence-corrected chi connectivity index (χ1v) is 10.4. The van der Waals surface area contributed by atoms with Gasteiger partial charge in [0.05, 0.1) is 15.5 Å². The summed E-state index contributed by atoms with van der Waals surface area (Å²) in [7, 11) is -9.40. The van der Waals surface area contributed by atoms with Gasteiger partial charge in [0.15, 0.2) is 0 Å². The number of aromatic hydroxyl groups is 1. The zero-order valence-corrected chi connectivity index (χ0v) is 15.5. The molecule has 0 radical (unpaired) electrons. The number of phenols is 1. The molecule has 0 heterocycles. The first-order valence-electron chi connectivity index (χ1n) is 7.56. The number of benzene rings is 3. The van der Waals surface area contributed by atoms with E-state index in [1.54, 1.807) is 0 Å². The maximum absolute atomic E-state index is 13.2. The Morgan fingerprint density at radius 3 is 2.18 bits per heavy atom. The number of fused-ring (bicyclic) bond motifs is 1. The summed E-state index contributed by atoms with van der Waals surface area (Å²) in [5.41, 5.74) is -0.341. The van der Waals surface area contributed by atoms with E-state index in [0.717, 1.165) is 24.3 Å². The number of rotatable bonds is 5. The van der Waals surface area contributed by atoms with E-state index < -0.39 is 41.8 Å². The minimum atomic E-state index is -5.09. The maximum Gasteiger partial charge on any atom is 0.339 e. The molecule has 0 saturated heterocycles. The van der Waals surface area contributed by atoms with Crippen LogP contribution < -0.4 is 4.72 Å². The molecule has 0 aliphatic heterocycles. The number of anilines is 1. The Kier molecular flexibility index (Phi) is 4.73. The minimum Gasteiger partial charge on any atom is -0.506 e. The Morgan fingerprint density at radius 2 is 1.54 bits per heavy atom. The zero-order valence-electron chi connectivity index (χ0n) is 13.8. The number of carbonyl (C=O) groups is 1. The summed E-state index contributed by atoms with van der Waals surface area (Å²) in [5.74, 6) is -1.88. The van der Waals surface area contributed by atoms with Crippen molar-refractivity contribution in [2.45, 2.75) is 9.79 Å². The van der Waals surface area contributed by atoms with E-state index in [0.29, 0.717) is 6.07 Å². The van der Waals surface area contributed by atoms with Gasteiger partial charge in [-0.15, -0.1) is 3.89 Å². The number of nitrogens with one attached hydrogen (secondary N) is 1. The Hall–Kier alpha value is -3.18. The smallest absolute Gasteiger partial charge is 0.339 e. The Labute approximate surface area is 159 Å². The highest BCUT2D eigenvalue weighted by molar-refractivity contribution is 7.92. The van der Waals surface area contributed by atoms with Crippen LogP contribution in [0, 0.1) is 0 Å². The van der Waals surface area contributed by atoms with Crippen LogP contribution in [0.5, 0.6) is 5.75 Å².